The van der Waals surface area contributed by atoms with Gasteiger partial charge in [0.2, 0.25) is 0 Å². The van der Waals surface area contributed by atoms with Crippen LogP contribution in [-0.2, 0) is 4.79 Å². The molecule has 1 atom stereocenters. The summed E-state index contributed by atoms with van der Waals surface area (Å²) in [5.74, 6) is -0.748. The number of carboxylic acid groups (broad SMARTS) is 1. The molecule has 0 bridgehead atoms. The molecule has 0 aromatic heterocycles. The Morgan fingerprint density at radius 3 is 2.47 bits per heavy atom. The van der Waals surface area contributed by atoms with Gasteiger partial charge in [-0.15, -0.1) is 0 Å². The van der Waals surface area contributed by atoms with Gasteiger partial charge in [0.05, 0.1) is 6.42 Å². The lowest BCUT2D eigenvalue weighted by Gasteiger charge is -2.17. The molecule has 17 heavy (non-hydrogen) atoms. The molecule has 0 aliphatic heterocycles. The summed E-state index contributed by atoms with van der Waals surface area (Å²) in [4.78, 5) is 10.9. The molecule has 0 heterocycles. The summed E-state index contributed by atoms with van der Waals surface area (Å²) < 4.78 is 0. The molecule has 94 valence electrons. The lowest BCUT2D eigenvalue weighted by Crippen LogP contribution is -2.07. The Morgan fingerprint density at radius 2 is 1.94 bits per heavy atom. The van der Waals surface area contributed by atoms with Gasteiger partial charge in [-0.1, -0.05) is 31.0 Å². The Labute approximate surface area is 108 Å². The molecule has 1 N–H and O–H groups in total. The van der Waals surface area contributed by atoms with Crippen molar-refractivity contribution in [3.63, 3.8) is 0 Å². The Morgan fingerprint density at radius 1 is 1.35 bits per heavy atom. The molecular formula is C14H19ClO2. The molecule has 1 aromatic rings. The Hall–Kier alpha value is -1.02. The van der Waals surface area contributed by atoms with Crippen LogP contribution in [0, 0.1) is 13.8 Å². The summed E-state index contributed by atoms with van der Waals surface area (Å²) in [7, 11) is 0. The molecule has 1 aromatic carbocycles. The van der Waals surface area contributed by atoms with Crippen molar-refractivity contribution in [2.45, 2.75) is 46.0 Å². The van der Waals surface area contributed by atoms with Crippen LogP contribution in [0.2, 0.25) is 5.02 Å². The standard InChI is InChI=1S/C14H19ClO2/c1-4-5-11(8-14(16)17)12-6-9(2)10(3)7-13(12)15/h6-7,11H,4-5,8H2,1-3H3,(H,16,17). The third kappa shape index (κ3) is 3.74. The van der Waals surface area contributed by atoms with Gasteiger partial charge in [0.1, 0.15) is 0 Å². The van der Waals surface area contributed by atoms with Gasteiger partial charge in [0, 0.05) is 5.02 Å². The fourth-order valence-electron chi connectivity index (χ4n) is 2.04. The van der Waals surface area contributed by atoms with Crippen LogP contribution in [0.15, 0.2) is 12.1 Å². The zero-order valence-corrected chi connectivity index (χ0v) is 11.3. The quantitative estimate of drug-likeness (QED) is 0.850. The van der Waals surface area contributed by atoms with Gasteiger partial charge in [0.15, 0.2) is 0 Å². The van der Waals surface area contributed by atoms with E-state index in [-0.39, 0.29) is 12.3 Å². The molecule has 1 unspecified atom stereocenters. The van der Waals surface area contributed by atoms with E-state index in [1.54, 1.807) is 0 Å². The van der Waals surface area contributed by atoms with Gasteiger partial charge in [-0.05, 0) is 48.9 Å². The topological polar surface area (TPSA) is 37.3 Å². The Balaban J connectivity index is 3.08. The summed E-state index contributed by atoms with van der Waals surface area (Å²) in [6.07, 6.45) is 1.96. The zero-order chi connectivity index (χ0) is 13.0. The molecule has 3 heteroatoms. The largest absolute Gasteiger partial charge is 0.481 e. The third-order valence-corrected chi connectivity index (χ3v) is 3.44. The van der Waals surface area contributed by atoms with E-state index in [0.717, 1.165) is 29.5 Å². The zero-order valence-electron chi connectivity index (χ0n) is 10.6. The maximum absolute atomic E-state index is 10.9. The molecule has 0 saturated heterocycles. The van der Waals surface area contributed by atoms with Crippen LogP contribution in [0.4, 0.5) is 0 Å². The predicted molar refractivity (Wildman–Crippen MR) is 70.8 cm³/mol. The van der Waals surface area contributed by atoms with Crippen molar-refractivity contribution in [3.05, 3.63) is 33.8 Å². The number of aliphatic carboxylic acids is 1. The van der Waals surface area contributed by atoms with Crippen LogP contribution in [0.5, 0.6) is 0 Å². The van der Waals surface area contributed by atoms with Crippen molar-refractivity contribution in [3.8, 4) is 0 Å². The van der Waals surface area contributed by atoms with Gasteiger partial charge in [-0.3, -0.25) is 4.79 Å². The highest BCUT2D eigenvalue weighted by molar-refractivity contribution is 6.31. The lowest BCUT2D eigenvalue weighted by molar-refractivity contribution is -0.137. The average Bonchev–Trinajstić information content (AvgIpc) is 2.22. The molecule has 1 rings (SSSR count). The van der Waals surface area contributed by atoms with Gasteiger partial charge < -0.3 is 5.11 Å². The first-order chi connectivity index (χ1) is 7.95. The molecule has 0 radical (unpaired) electrons. The number of rotatable bonds is 5. The molecule has 0 saturated carbocycles. The van der Waals surface area contributed by atoms with E-state index in [1.165, 1.54) is 0 Å². The number of hydrogen-bond acceptors (Lipinski definition) is 1. The summed E-state index contributed by atoms with van der Waals surface area (Å²) in [5.41, 5.74) is 3.28. The van der Waals surface area contributed by atoms with Gasteiger partial charge >= 0.3 is 5.97 Å². The number of carboxylic acids is 1. The third-order valence-electron chi connectivity index (χ3n) is 3.11. The van der Waals surface area contributed by atoms with Crippen molar-refractivity contribution in [1.82, 2.24) is 0 Å². The minimum absolute atomic E-state index is 0.0179. The van der Waals surface area contributed by atoms with Crippen molar-refractivity contribution in [1.29, 1.82) is 0 Å². The SMILES string of the molecule is CCCC(CC(=O)O)c1cc(C)c(C)cc1Cl. The molecule has 2 nitrogen and oxygen atoms in total. The molecule has 0 spiro atoms. The minimum atomic E-state index is -0.766. The first kappa shape index (κ1) is 14.0. The first-order valence-corrected chi connectivity index (χ1v) is 6.32. The summed E-state index contributed by atoms with van der Waals surface area (Å²) in [6, 6.07) is 3.96. The predicted octanol–water partition coefficient (Wildman–Crippen LogP) is 4.32. The molecule has 0 aliphatic carbocycles. The van der Waals surface area contributed by atoms with Crippen molar-refractivity contribution < 1.29 is 9.90 Å². The number of aryl methyl sites for hydroxylation is 2. The highest BCUT2D eigenvalue weighted by Gasteiger charge is 2.18. The van der Waals surface area contributed by atoms with E-state index in [1.807, 2.05) is 26.0 Å². The van der Waals surface area contributed by atoms with Crippen molar-refractivity contribution in [2.75, 3.05) is 0 Å². The highest BCUT2D eigenvalue weighted by Crippen LogP contribution is 2.32. The van der Waals surface area contributed by atoms with Gasteiger partial charge in [-0.25, -0.2) is 0 Å². The van der Waals surface area contributed by atoms with E-state index in [4.69, 9.17) is 16.7 Å². The second-order valence-electron chi connectivity index (χ2n) is 4.54. The smallest absolute Gasteiger partial charge is 0.303 e. The average molecular weight is 255 g/mol. The number of hydrogen-bond donors (Lipinski definition) is 1. The maximum atomic E-state index is 10.9. The monoisotopic (exact) mass is 254 g/mol. The van der Waals surface area contributed by atoms with Gasteiger partial charge in [0.25, 0.3) is 0 Å². The minimum Gasteiger partial charge on any atom is -0.481 e. The molecule has 0 amide bonds. The lowest BCUT2D eigenvalue weighted by atomic mass is 9.89. The van der Waals surface area contributed by atoms with Crippen LogP contribution in [-0.4, -0.2) is 11.1 Å². The van der Waals surface area contributed by atoms with Crippen LogP contribution in [0.25, 0.3) is 0 Å². The molecule has 0 fully saturated rings. The fourth-order valence-corrected chi connectivity index (χ4v) is 2.42. The Bertz CT molecular complexity index is 413. The second kappa shape index (κ2) is 6.06. The Kier molecular flexibility index (Phi) is 5.01. The fraction of sp³-hybridized carbons (Fsp3) is 0.500. The number of carbonyl (C=O) groups is 1. The number of benzene rings is 1. The van der Waals surface area contributed by atoms with E-state index in [0.29, 0.717) is 5.02 Å². The van der Waals surface area contributed by atoms with Crippen LogP contribution in [0.3, 0.4) is 0 Å². The first-order valence-electron chi connectivity index (χ1n) is 5.94. The highest BCUT2D eigenvalue weighted by atomic mass is 35.5. The van der Waals surface area contributed by atoms with E-state index in [2.05, 4.69) is 6.92 Å². The van der Waals surface area contributed by atoms with E-state index in [9.17, 15) is 4.79 Å². The molecule has 0 aliphatic rings. The maximum Gasteiger partial charge on any atom is 0.303 e. The van der Waals surface area contributed by atoms with Gasteiger partial charge in [-0.2, -0.15) is 0 Å². The molecular weight excluding hydrogens is 236 g/mol. The summed E-state index contributed by atoms with van der Waals surface area (Å²) >= 11 is 6.22. The van der Waals surface area contributed by atoms with Crippen LogP contribution < -0.4 is 0 Å². The normalized spacial score (nSPS) is 12.5. The second-order valence-corrected chi connectivity index (χ2v) is 4.95. The summed E-state index contributed by atoms with van der Waals surface area (Å²) in [6.45, 7) is 6.10. The van der Waals surface area contributed by atoms with E-state index < -0.39 is 5.97 Å². The van der Waals surface area contributed by atoms with Crippen molar-refractivity contribution >= 4 is 17.6 Å². The van der Waals surface area contributed by atoms with Crippen LogP contribution in [0.1, 0.15) is 48.8 Å². The van der Waals surface area contributed by atoms with E-state index >= 15 is 0 Å². The van der Waals surface area contributed by atoms with Crippen LogP contribution >= 0.6 is 11.6 Å². The summed E-state index contributed by atoms with van der Waals surface area (Å²) in [5, 5.41) is 9.63. The number of halogens is 1. The van der Waals surface area contributed by atoms with Crippen molar-refractivity contribution in [2.24, 2.45) is 0 Å².